The van der Waals surface area contributed by atoms with E-state index in [0.717, 1.165) is 11.1 Å². The quantitative estimate of drug-likeness (QED) is 0.623. The molecule has 0 radical (unpaired) electrons. The summed E-state index contributed by atoms with van der Waals surface area (Å²) in [5, 5.41) is 1.76. The van der Waals surface area contributed by atoms with E-state index in [1.165, 1.54) is 12.2 Å². The molecule has 4 nitrogen and oxygen atoms in total. The number of likely N-dealkylation sites (N-methyl/N-ethyl adjacent to an activating group) is 1. The standard InChI is InChI=1S/C18H18ClNO3/c1-12-14(11-17(21)20(2)23-3)5-4-6-16(12)18(22)13-7-9-15(19)10-8-13/h4-10H,11H2,1-3H3. The van der Waals surface area contributed by atoms with Crippen molar-refractivity contribution in [3.63, 3.8) is 0 Å². The first-order valence-electron chi connectivity index (χ1n) is 7.13. The van der Waals surface area contributed by atoms with E-state index in [9.17, 15) is 9.59 Å². The Bertz CT molecular complexity index is 726. The van der Waals surface area contributed by atoms with Gasteiger partial charge >= 0.3 is 0 Å². The van der Waals surface area contributed by atoms with Gasteiger partial charge in [0.25, 0.3) is 0 Å². The minimum atomic E-state index is -0.174. The van der Waals surface area contributed by atoms with Crippen LogP contribution >= 0.6 is 11.6 Å². The average molecular weight is 332 g/mol. The lowest BCUT2D eigenvalue weighted by Crippen LogP contribution is -2.27. The van der Waals surface area contributed by atoms with E-state index in [2.05, 4.69) is 0 Å². The third-order valence-electron chi connectivity index (χ3n) is 3.76. The van der Waals surface area contributed by atoms with Gasteiger partial charge in [-0.2, -0.15) is 0 Å². The lowest BCUT2D eigenvalue weighted by Gasteiger charge is -2.15. The second-order valence-corrected chi connectivity index (χ2v) is 5.61. The van der Waals surface area contributed by atoms with Crippen LogP contribution in [0.2, 0.25) is 5.02 Å². The molecule has 0 saturated heterocycles. The molecule has 0 N–H and O–H groups in total. The molecule has 0 aliphatic carbocycles. The van der Waals surface area contributed by atoms with Crippen molar-refractivity contribution in [3.05, 3.63) is 69.7 Å². The Morgan fingerprint density at radius 2 is 1.78 bits per heavy atom. The van der Waals surface area contributed by atoms with Gasteiger partial charge in [0.15, 0.2) is 5.78 Å². The van der Waals surface area contributed by atoms with Crippen molar-refractivity contribution in [2.45, 2.75) is 13.3 Å². The smallest absolute Gasteiger partial charge is 0.250 e. The first kappa shape index (κ1) is 17.2. The number of halogens is 1. The van der Waals surface area contributed by atoms with Crippen LogP contribution in [0.4, 0.5) is 0 Å². The Hall–Kier alpha value is -2.17. The predicted molar refractivity (Wildman–Crippen MR) is 89.5 cm³/mol. The Labute approximate surface area is 140 Å². The van der Waals surface area contributed by atoms with Crippen molar-refractivity contribution in [1.29, 1.82) is 0 Å². The number of amides is 1. The van der Waals surface area contributed by atoms with Crippen LogP contribution in [-0.4, -0.2) is 30.9 Å². The molecule has 2 aromatic rings. The van der Waals surface area contributed by atoms with E-state index in [4.69, 9.17) is 16.4 Å². The Kier molecular flexibility index (Phi) is 5.53. The first-order chi connectivity index (χ1) is 10.9. The van der Waals surface area contributed by atoms with E-state index in [-0.39, 0.29) is 18.1 Å². The van der Waals surface area contributed by atoms with Crippen LogP contribution in [0.5, 0.6) is 0 Å². The molecule has 1 amide bonds. The minimum Gasteiger partial charge on any atom is -0.289 e. The molecule has 0 bridgehead atoms. The lowest BCUT2D eigenvalue weighted by atomic mass is 9.94. The second kappa shape index (κ2) is 7.40. The molecule has 0 unspecified atom stereocenters. The van der Waals surface area contributed by atoms with Crippen LogP contribution in [0.3, 0.4) is 0 Å². The van der Waals surface area contributed by atoms with Gasteiger partial charge in [0.05, 0.1) is 13.5 Å². The summed E-state index contributed by atoms with van der Waals surface area (Å²) in [5.74, 6) is -0.264. The highest BCUT2D eigenvalue weighted by Crippen LogP contribution is 2.20. The topological polar surface area (TPSA) is 46.6 Å². The third-order valence-corrected chi connectivity index (χ3v) is 4.02. The number of hydrogen-bond acceptors (Lipinski definition) is 3. The summed E-state index contributed by atoms with van der Waals surface area (Å²) in [6.07, 6.45) is 0.178. The second-order valence-electron chi connectivity index (χ2n) is 5.18. The van der Waals surface area contributed by atoms with Gasteiger partial charge in [-0.1, -0.05) is 29.8 Å². The summed E-state index contributed by atoms with van der Waals surface area (Å²) in [4.78, 5) is 29.5. The number of carbonyl (C=O) groups is 2. The van der Waals surface area contributed by atoms with Crippen LogP contribution < -0.4 is 0 Å². The molecule has 0 aromatic heterocycles. The number of ketones is 1. The first-order valence-corrected chi connectivity index (χ1v) is 7.51. The minimum absolute atomic E-state index is 0.0893. The van der Waals surface area contributed by atoms with Crippen molar-refractivity contribution >= 4 is 23.3 Å². The highest BCUT2D eigenvalue weighted by atomic mass is 35.5. The van der Waals surface area contributed by atoms with Crippen LogP contribution in [0.1, 0.15) is 27.0 Å². The molecule has 0 aliphatic rings. The molecule has 2 aromatic carbocycles. The Morgan fingerprint density at radius 1 is 1.13 bits per heavy atom. The fourth-order valence-electron chi connectivity index (χ4n) is 2.25. The Balaban J connectivity index is 2.30. The summed E-state index contributed by atoms with van der Waals surface area (Å²) >= 11 is 5.85. The fraction of sp³-hybridized carbons (Fsp3) is 0.222. The number of nitrogens with zero attached hydrogens (tertiary/aromatic N) is 1. The molecule has 23 heavy (non-hydrogen) atoms. The zero-order valence-corrected chi connectivity index (χ0v) is 14.1. The van der Waals surface area contributed by atoms with Gasteiger partial charge in [0.1, 0.15) is 0 Å². The lowest BCUT2D eigenvalue weighted by molar-refractivity contribution is -0.167. The van der Waals surface area contributed by atoms with Crippen LogP contribution in [0.15, 0.2) is 42.5 Å². The molecule has 120 valence electrons. The monoisotopic (exact) mass is 331 g/mol. The fourth-order valence-corrected chi connectivity index (χ4v) is 2.38. The summed E-state index contributed by atoms with van der Waals surface area (Å²) in [7, 11) is 2.99. The van der Waals surface area contributed by atoms with Gasteiger partial charge in [-0.25, -0.2) is 5.06 Å². The molecule has 0 atom stereocenters. The number of hydrogen-bond donors (Lipinski definition) is 0. The number of benzene rings is 2. The molecule has 0 fully saturated rings. The van der Waals surface area contributed by atoms with Gasteiger partial charge in [-0.3, -0.25) is 14.4 Å². The van der Waals surface area contributed by atoms with Gasteiger partial charge in [0.2, 0.25) is 5.91 Å². The van der Waals surface area contributed by atoms with Crippen molar-refractivity contribution < 1.29 is 14.4 Å². The Morgan fingerprint density at radius 3 is 2.39 bits per heavy atom. The summed E-state index contributed by atoms with van der Waals surface area (Å²) in [6.45, 7) is 1.85. The van der Waals surface area contributed by atoms with Gasteiger partial charge in [-0.05, 0) is 42.3 Å². The largest absolute Gasteiger partial charge is 0.289 e. The van der Waals surface area contributed by atoms with Gasteiger partial charge < -0.3 is 0 Å². The average Bonchev–Trinajstić information content (AvgIpc) is 2.56. The SMILES string of the molecule is CON(C)C(=O)Cc1cccc(C(=O)c2ccc(Cl)cc2)c1C. The molecule has 2 rings (SSSR count). The summed E-state index contributed by atoms with van der Waals surface area (Å²) < 4.78 is 0. The molecule has 0 aliphatic heterocycles. The van der Waals surface area contributed by atoms with Crippen LogP contribution in [0, 0.1) is 6.92 Å². The van der Waals surface area contributed by atoms with E-state index in [1.54, 1.807) is 43.4 Å². The van der Waals surface area contributed by atoms with Crippen molar-refractivity contribution in [2.24, 2.45) is 0 Å². The zero-order valence-electron chi connectivity index (χ0n) is 13.3. The van der Waals surface area contributed by atoms with Crippen LogP contribution in [0.25, 0.3) is 0 Å². The van der Waals surface area contributed by atoms with E-state index < -0.39 is 0 Å². The van der Waals surface area contributed by atoms with E-state index in [1.807, 2.05) is 13.0 Å². The molecule has 5 heteroatoms. The van der Waals surface area contributed by atoms with Crippen molar-refractivity contribution in [2.75, 3.05) is 14.2 Å². The molecule has 0 saturated carbocycles. The predicted octanol–water partition coefficient (Wildman–Crippen LogP) is 3.44. The third kappa shape index (κ3) is 3.97. The number of rotatable bonds is 5. The molecular weight excluding hydrogens is 314 g/mol. The van der Waals surface area contributed by atoms with E-state index in [0.29, 0.717) is 16.1 Å². The molecular formula is C18H18ClNO3. The molecule has 0 heterocycles. The highest BCUT2D eigenvalue weighted by Gasteiger charge is 2.16. The highest BCUT2D eigenvalue weighted by molar-refractivity contribution is 6.30. The maximum Gasteiger partial charge on any atom is 0.250 e. The summed E-state index contributed by atoms with van der Waals surface area (Å²) in [6, 6.07) is 12.2. The maximum absolute atomic E-state index is 12.6. The van der Waals surface area contributed by atoms with Gasteiger partial charge in [0, 0.05) is 23.2 Å². The van der Waals surface area contributed by atoms with Crippen molar-refractivity contribution in [3.8, 4) is 0 Å². The molecule has 0 spiro atoms. The normalized spacial score (nSPS) is 10.4. The summed E-state index contributed by atoms with van der Waals surface area (Å²) in [5.41, 5.74) is 2.75. The van der Waals surface area contributed by atoms with Gasteiger partial charge in [-0.15, -0.1) is 0 Å². The maximum atomic E-state index is 12.6. The number of carbonyl (C=O) groups excluding carboxylic acids is 2. The van der Waals surface area contributed by atoms with E-state index >= 15 is 0 Å². The van der Waals surface area contributed by atoms with Crippen LogP contribution in [-0.2, 0) is 16.1 Å². The van der Waals surface area contributed by atoms with Crippen molar-refractivity contribution in [1.82, 2.24) is 5.06 Å². The zero-order chi connectivity index (χ0) is 17.0. The number of hydroxylamine groups is 2.